The van der Waals surface area contributed by atoms with Gasteiger partial charge in [0.15, 0.2) is 0 Å². The normalized spacial score (nSPS) is 10.8. The van der Waals surface area contributed by atoms with E-state index < -0.39 is 0 Å². The molecule has 4 nitrogen and oxygen atoms in total. The number of methoxy groups -OCH3 is 2. The lowest BCUT2D eigenvalue weighted by Crippen LogP contribution is -1.93. The molecule has 21 heavy (non-hydrogen) atoms. The van der Waals surface area contributed by atoms with E-state index in [0.717, 1.165) is 11.1 Å². The Morgan fingerprint density at radius 3 is 2.24 bits per heavy atom. The fourth-order valence-electron chi connectivity index (χ4n) is 2.03. The van der Waals surface area contributed by atoms with Crippen LogP contribution in [0.25, 0.3) is 5.57 Å². The van der Waals surface area contributed by atoms with Crippen molar-refractivity contribution in [1.29, 1.82) is 5.26 Å². The number of nitrogens with zero attached hydrogens (tertiary/aromatic N) is 1. The van der Waals surface area contributed by atoms with Crippen molar-refractivity contribution in [3.8, 4) is 23.3 Å². The van der Waals surface area contributed by atoms with Crippen LogP contribution < -0.4 is 9.47 Å². The van der Waals surface area contributed by atoms with Gasteiger partial charge in [-0.25, -0.2) is 0 Å². The molecule has 0 atom stereocenters. The maximum absolute atomic E-state index is 9.62. The van der Waals surface area contributed by atoms with Gasteiger partial charge in [0, 0.05) is 12.1 Å². The first kappa shape index (κ1) is 14.5. The van der Waals surface area contributed by atoms with Crippen molar-refractivity contribution >= 4 is 5.57 Å². The number of ether oxygens (including phenoxy) is 2. The van der Waals surface area contributed by atoms with Gasteiger partial charge in [0.25, 0.3) is 0 Å². The average molecular weight is 281 g/mol. The summed E-state index contributed by atoms with van der Waals surface area (Å²) in [6.07, 6.45) is 1.43. The molecule has 106 valence electrons. The molecular weight excluding hydrogens is 266 g/mol. The highest BCUT2D eigenvalue weighted by atomic mass is 16.5. The molecule has 0 spiro atoms. The van der Waals surface area contributed by atoms with Crippen molar-refractivity contribution < 1.29 is 14.6 Å². The minimum atomic E-state index is 0.145. The summed E-state index contributed by atoms with van der Waals surface area (Å²) < 4.78 is 10.5. The number of aromatic hydroxyl groups is 1. The van der Waals surface area contributed by atoms with Gasteiger partial charge in [0.2, 0.25) is 0 Å². The summed E-state index contributed by atoms with van der Waals surface area (Å²) in [5.41, 5.74) is 2.20. The van der Waals surface area contributed by atoms with Gasteiger partial charge >= 0.3 is 0 Å². The molecule has 2 rings (SSSR count). The number of phenols is 1. The molecule has 0 aliphatic rings. The van der Waals surface area contributed by atoms with Crippen LogP contribution in [0.3, 0.4) is 0 Å². The highest BCUT2D eigenvalue weighted by molar-refractivity contribution is 5.82. The Bertz CT molecular complexity index is 692. The summed E-state index contributed by atoms with van der Waals surface area (Å²) in [5.74, 6) is 1.41. The van der Waals surface area contributed by atoms with E-state index in [2.05, 4.69) is 0 Å². The van der Waals surface area contributed by atoms with E-state index in [1.807, 2.05) is 24.3 Å². The highest BCUT2D eigenvalue weighted by Gasteiger charge is 2.09. The van der Waals surface area contributed by atoms with Gasteiger partial charge in [-0.3, -0.25) is 0 Å². The average Bonchev–Trinajstić information content (AvgIpc) is 2.52. The van der Waals surface area contributed by atoms with Crippen molar-refractivity contribution in [2.75, 3.05) is 14.2 Å². The predicted molar refractivity (Wildman–Crippen MR) is 80.3 cm³/mol. The number of rotatable bonds is 4. The summed E-state index contributed by atoms with van der Waals surface area (Å²) >= 11 is 0. The third kappa shape index (κ3) is 3.34. The lowest BCUT2D eigenvalue weighted by molar-refractivity contribution is 0.394. The molecule has 0 unspecified atom stereocenters. The minimum absolute atomic E-state index is 0.145. The first-order valence-corrected chi connectivity index (χ1v) is 6.30. The summed E-state index contributed by atoms with van der Waals surface area (Å²) in [5, 5.41) is 18.6. The Hall–Kier alpha value is -2.93. The van der Waals surface area contributed by atoms with Crippen molar-refractivity contribution in [1.82, 2.24) is 0 Å². The topological polar surface area (TPSA) is 62.5 Å². The molecule has 1 N–H and O–H groups in total. The maximum Gasteiger partial charge on any atom is 0.123 e. The zero-order valence-corrected chi connectivity index (χ0v) is 11.8. The smallest absolute Gasteiger partial charge is 0.123 e. The largest absolute Gasteiger partial charge is 0.508 e. The van der Waals surface area contributed by atoms with E-state index in [0.29, 0.717) is 17.1 Å². The van der Waals surface area contributed by atoms with E-state index in [9.17, 15) is 5.11 Å². The van der Waals surface area contributed by atoms with Crippen LogP contribution in [-0.4, -0.2) is 19.3 Å². The van der Waals surface area contributed by atoms with Crippen LogP contribution in [0.1, 0.15) is 11.1 Å². The van der Waals surface area contributed by atoms with Crippen LogP contribution in [0.15, 0.2) is 48.5 Å². The molecule has 0 amide bonds. The lowest BCUT2D eigenvalue weighted by Gasteiger charge is -2.11. The Morgan fingerprint density at radius 1 is 1.05 bits per heavy atom. The van der Waals surface area contributed by atoms with Gasteiger partial charge in [0.05, 0.1) is 20.3 Å². The monoisotopic (exact) mass is 281 g/mol. The first-order chi connectivity index (χ1) is 10.2. The van der Waals surface area contributed by atoms with E-state index in [-0.39, 0.29) is 5.75 Å². The van der Waals surface area contributed by atoms with E-state index in [4.69, 9.17) is 14.7 Å². The van der Waals surface area contributed by atoms with Crippen molar-refractivity contribution in [2.45, 2.75) is 0 Å². The Labute approximate surface area is 123 Å². The molecule has 0 bridgehead atoms. The van der Waals surface area contributed by atoms with Gasteiger partial charge in [-0.2, -0.15) is 5.26 Å². The lowest BCUT2D eigenvalue weighted by atomic mass is 9.97. The van der Waals surface area contributed by atoms with E-state index in [1.54, 1.807) is 38.5 Å². The molecule has 0 saturated carbocycles. The molecule has 0 heterocycles. The molecule has 0 aliphatic heterocycles. The molecule has 0 aliphatic carbocycles. The summed E-state index contributed by atoms with van der Waals surface area (Å²) in [4.78, 5) is 0. The zero-order valence-electron chi connectivity index (χ0n) is 11.8. The summed E-state index contributed by atoms with van der Waals surface area (Å²) in [7, 11) is 3.14. The van der Waals surface area contributed by atoms with E-state index >= 15 is 0 Å². The third-order valence-electron chi connectivity index (χ3n) is 3.03. The quantitative estimate of drug-likeness (QED) is 0.873. The molecule has 0 aromatic heterocycles. The fourth-order valence-corrected chi connectivity index (χ4v) is 2.03. The summed E-state index contributed by atoms with van der Waals surface area (Å²) in [6, 6.07) is 14.2. The SMILES string of the molecule is COc1cc(OC)cc(/C(=C\C#N)c2cccc(O)c2)c1. The molecule has 0 radical (unpaired) electrons. The second-order valence-corrected chi connectivity index (χ2v) is 4.34. The Morgan fingerprint density at radius 2 is 1.71 bits per heavy atom. The second kappa shape index (κ2) is 6.49. The number of nitriles is 1. The second-order valence-electron chi connectivity index (χ2n) is 4.34. The molecule has 2 aromatic rings. The van der Waals surface area contributed by atoms with Crippen molar-refractivity contribution in [3.63, 3.8) is 0 Å². The van der Waals surface area contributed by atoms with Crippen LogP contribution >= 0.6 is 0 Å². The zero-order chi connectivity index (χ0) is 15.2. The molecule has 0 fully saturated rings. The molecule has 2 aromatic carbocycles. The first-order valence-electron chi connectivity index (χ1n) is 6.30. The van der Waals surface area contributed by atoms with Crippen LogP contribution in [0.4, 0.5) is 0 Å². The maximum atomic E-state index is 9.62. The van der Waals surface area contributed by atoms with Crippen LogP contribution in [0.2, 0.25) is 0 Å². The van der Waals surface area contributed by atoms with Gasteiger partial charge in [-0.15, -0.1) is 0 Å². The van der Waals surface area contributed by atoms with E-state index in [1.165, 1.54) is 6.08 Å². The fraction of sp³-hybridized carbons (Fsp3) is 0.118. The minimum Gasteiger partial charge on any atom is -0.508 e. The number of allylic oxidation sites excluding steroid dienone is 1. The number of hydrogen-bond donors (Lipinski definition) is 1. The Balaban J connectivity index is 2.59. The van der Waals surface area contributed by atoms with Gasteiger partial charge in [-0.1, -0.05) is 12.1 Å². The van der Waals surface area contributed by atoms with Gasteiger partial charge in [-0.05, 0) is 41.0 Å². The predicted octanol–water partition coefficient (Wildman–Crippen LogP) is 3.36. The molecule has 4 heteroatoms. The highest BCUT2D eigenvalue weighted by Crippen LogP contribution is 2.31. The molecule has 0 saturated heterocycles. The summed E-state index contributed by atoms with van der Waals surface area (Å²) in [6.45, 7) is 0. The number of hydrogen-bond acceptors (Lipinski definition) is 4. The van der Waals surface area contributed by atoms with Crippen molar-refractivity contribution in [2.24, 2.45) is 0 Å². The van der Waals surface area contributed by atoms with Crippen LogP contribution in [-0.2, 0) is 0 Å². The Kier molecular flexibility index (Phi) is 4.47. The van der Waals surface area contributed by atoms with Gasteiger partial charge < -0.3 is 14.6 Å². The number of phenolic OH excluding ortho intramolecular Hbond substituents is 1. The van der Waals surface area contributed by atoms with Gasteiger partial charge in [0.1, 0.15) is 17.2 Å². The standard InChI is InChI=1S/C17H15NO3/c1-20-15-9-13(10-16(11-15)21-2)17(6-7-18)12-4-3-5-14(19)8-12/h3-6,8-11,19H,1-2H3/b17-6-. The molecular formula is C17H15NO3. The van der Waals surface area contributed by atoms with Crippen LogP contribution in [0, 0.1) is 11.3 Å². The van der Waals surface area contributed by atoms with Crippen LogP contribution in [0.5, 0.6) is 17.2 Å². The third-order valence-corrected chi connectivity index (χ3v) is 3.03. The van der Waals surface area contributed by atoms with Crippen molar-refractivity contribution in [3.05, 3.63) is 59.7 Å². The number of benzene rings is 2.